The van der Waals surface area contributed by atoms with Crippen LogP contribution in [-0.4, -0.2) is 138 Å². The van der Waals surface area contributed by atoms with Gasteiger partial charge in [0.2, 0.25) is 23.6 Å². The van der Waals surface area contributed by atoms with Gasteiger partial charge in [0.15, 0.2) is 0 Å². The molecule has 0 aromatic heterocycles. The Hall–Kier alpha value is -4.63. The summed E-state index contributed by atoms with van der Waals surface area (Å²) in [6.45, 7) is 18.6. The van der Waals surface area contributed by atoms with E-state index < -0.39 is 36.2 Å². The number of nitrogens with zero attached hydrogens (tertiary/aromatic N) is 4. The summed E-state index contributed by atoms with van der Waals surface area (Å²) in [5.41, 5.74) is 1.13. The summed E-state index contributed by atoms with van der Waals surface area (Å²) in [5, 5.41) is 6.18. The number of ether oxygens (including phenoxy) is 2. The van der Waals surface area contributed by atoms with Crippen LogP contribution < -0.4 is 10.6 Å². The van der Waals surface area contributed by atoms with Crippen LogP contribution in [0.4, 0.5) is 4.79 Å². The molecule has 2 fully saturated rings. The number of carbonyl (C=O) groups excluding carboxylic acids is 7. The summed E-state index contributed by atoms with van der Waals surface area (Å²) in [5.74, 6) is -2.17. The number of hydrogen-bond donors (Lipinski definition) is 2. The molecule has 1 aromatic rings. The molecule has 1 saturated carbocycles. The Balaban J connectivity index is 1.46. The minimum absolute atomic E-state index is 0.0114. The molecule has 12 atom stereocenters. The molecule has 374 valence electrons. The fraction of sp³-hybridized carbons (Fsp3) is 0.712. The van der Waals surface area contributed by atoms with Gasteiger partial charge in [-0.2, -0.15) is 0 Å². The Morgan fingerprint density at radius 1 is 0.851 bits per heavy atom. The Labute approximate surface area is 400 Å². The first-order chi connectivity index (χ1) is 31.8. The molecular formula is C52H82N6O9. The van der Waals surface area contributed by atoms with E-state index in [4.69, 9.17) is 9.47 Å². The largest absolute Gasteiger partial charge is 0.379 e. The van der Waals surface area contributed by atoms with Gasteiger partial charge in [-0.3, -0.25) is 38.6 Å². The second kappa shape index (κ2) is 25.7. The smallest absolute Gasteiger partial charge is 0.325 e. The first-order valence-corrected chi connectivity index (χ1v) is 24.9. The van der Waals surface area contributed by atoms with Crippen LogP contribution in [0.2, 0.25) is 0 Å². The second-order valence-corrected chi connectivity index (χ2v) is 20.0. The first kappa shape index (κ1) is 55.0. The van der Waals surface area contributed by atoms with Crippen molar-refractivity contribution in [3.63, 3.8) is 0 Å². The van der Waals surface area contributed by atoms with Crippen molar-refractivity contribution in [2.75, 3.05) is 34.4 Å². The van der Waals surface area contributed by atoms with Crippen LogP contribution in [0.1, 0.15) is 138 Å². The van der Waals surface area contributed by atoms with Crippen LogP contribution in [-0.2, 0) is 38.2 Å². The number of imide groups is 2. The van der Waals surface area contributed by atoms with Crippen LogP contribution in [0.3, 0.4) is 0 Å². The number of hydrogen-bond acceptors (Lipinski definition) is 9. The molecule has 2 aliphatic heterocycles. The molecule has 0 spiro atoms. The summed E-state index contributed by atoms with van der Waals surface area (Å²) >= 11 is 0. The third-order valence-electron chi connectivity index (χ3n) is 15.3. The molecule has 2 unspecified atom stereocenters. The lowest BCUT2D eigenvalue weighted by Gasteiger charge is -2.41. The van der Waals surface area contributed by atoms with Crippen LogP contribution in [0.25, 0.3) is 0 Å². The number of carbonyl (C=O) groups is 7. The maximum atomic E-state index is 14.7. The Morgan fingerprint density at radius 2 is 1.51 bits per heavy atom. The van der Waals surface area contributed by atoms with E-state index in [-0.39, 0.29) is 96.6 Å². The van der Waals surface area contributed by atoms with Crippen molar-refractivity contribution in [3.05, 3.63) is 48.0 Å². The molecule has 4 rings (SSSR count). The van der Waals surface area contributed by atoms with E-state index in [0.29, 0.717) is 51.0 Å². The summed E-state index contributed by atoms with van der Waals surface area (Å²) < 4.78 is 12.1. The number of amides is 8. The van der Waals surface area contributed by atoms with Gasteiger partial charge < -0.3 is 29.9 Å². The first-order valence-electron chi connectivity index (χ1n) is 24.9. The molecule has 8 amide bonds. The quantitative estimate of drug-likeness (QED) is 0.0845. The number of nitrogens with one attached hydrogen (secondary N) is 2. The zero-order valence-corrected chi connectivity index (χ0v) is 42.5. The predicted molar refractivity (Wildman–Crippen MR) is 258 cm³/mol. The normalized spacial score (nSPS) is 23.1. The predicted octanol–water partition coefficient (Wildman–Crippen LogP) is 6.70. The highest BCUT2D eigenvalue weighted by molar-refractivity contribution is 6.12. The molecular weight excluding hydrogens is 853 g/mol. The number of likely N-dealkylation sites (tertiary alicyclic amines) is 1. The van der Waals surface area contributed by atoms with Crippen molar-refractivity contribution in [2.45, 2.75) is 175 Å². The molecule has 0 bridgehead atoms. The number of methoxy groups -OCH3 is 2. The Morgan fingerprint density at radius 3 is 2.07 bits per heavy atom. The van der Waals surface area contributed by atoms with E-state index in [1.54, 1.807) is 26.2 Å². The molecule has 1 saturated heterocycles. The average molecular weight is 935 g/mol. The molecule has 1 aromatic carbocycles. The summed E-state index contributed by atoms with van der Waals surface area (Å²) in [6.07, 6.45) is 6.60. The van der Waals surface area contributed by atoms with Crippen LogP contribution in [0, 0.1) is 29.6 Å². The molecule has 67 heavy (non-hydrogen) atoms. The molecule has 15 nitrogen and oxygen atoms in total. The van der Waals surface area contributed by atoms with E-state index in [1.165, 1.54) is 22.0 Å². The number of unbranched alkanes of at least 4 members (excludes halogenated alkanes) is 2. The van der Waals surface area contributed by atoms with Gasteiger partial charge in [-0.05, 0) is 74.7 Å². The summed E-state index contributed by atoms with van der Waals surface area (Å²) in [4.78, 5) is 101. The molecule has 2 N–H and O–H groups in total. The minimum Gasteiger partial charge on any atom is -0.379 e. The van der Waals surface area contributed by atoms with E-state index in [2.05, 4.69) is 43.5 Å². The monoisotopic (exact) mass is 935 g/mol. The van der Waals surface area contributed by atoms with E-state index in [1.807, 2.05) is 64.6 Å². The lowest BCUT2D eigenvalue weighted by Crippen LogP contribution is -2.60. The van der Waals surface area contributed by atoms with Crippen molar-refractivity contribution in [1.29, 1.82) is 0 Å². The fourth-order valence-corrected chi connectivity index (χ4v) is 10.4. The standard InChI is InChI=1S/C52H82N6O9/c1-13-33(4)48(42(66-11)31-46(62)56-30-20-23-41(56)49(67-12)37(8)50(63)53-38(9)36(7)39-21-16-14-17-22-39)55(10)51(64)47(32(2)3)54-52(65)58(40-26-25-34(5)35(40)6)45(61)24-18-15-19-29-57-43(59)27-28-44(57)60/h14,16-17,21-22,27-28,32-38,40-42,47-49H,13,15,18-20,23-26,29-31H2,1-12H3,(H,53,63)(H,54,65)/t33-,34?,35-,36+,37+,38+,40?,41-,42+,47-,48-,49+/m0/s1. The SMILES string of the molecule is CC[C@H](C)[C@@H]([C@@H](CC(=O)N1CCC[C@H]1[C@H](OC)[C@@H](C)C(=O)N[C@H](C)[C@@H](C)c1ccccc1)OC)N(C)C(=O)[C@@H](NC(=O)N(C(=O)CCCCCN1C(=O)C=CC1=O)C1CCC(C)[C@@H]1C)C(C)C. The van der Waals surface area contributed by atoms with Gasteiger partial charge >= 0.3 is 6.03 Å². The second-order valence-electron chi connectivity index (χ2n) is 20.0. The maximum Gasteiger partial charge on any atom is 0.325 e. The fourth-order valence-electron chi connectivity index (χ4n) is 10.4. The van der Waals surface area contributed by atoms with Crippen molar-refractivity contribution >= 4 is 41.5 Å². The zero-order valence-electron chi connectivity index (χ0n) is 42.5. The third-order valence-corrected chi connectivity index (χ3v) is 15.3. The van der Waals surface area contributed by atoms with Crippen molar-refractivity contribution < 1.29 is 43.0 Å². The van der Waals surface area contributed by atoms with Crippen molar-refractivity contribution in [2.24, 2.45) is 29.6 Å². The summed E-state index contributed by atoms with van der Waals surface area (Å²) in [6, 6.07) is 7.13. The van der Waals surface area contributed by atoms with Crippen molar-refractivity contribution in [1.82, 2.24) is 30.2 Å². The summed E-state index contributed by atoms with van der Waals surface area (Å²) in [7, 11) is 4.83. The highest BCUT2D eigenvalue weighted by Crippen LogP contribution is 2.36. The van der Waals surface area contributed by atoms with Crippen molar-refractivity contribution in [3.8, 4) is 0 Å². The molecule has 1 aliphatic carbocycles. The number of likely N-dealkylation sites (N-methyl/N-ethyl adjacent to an activating group) is 1. The Kier molecular flexibility index (Phi) is 21.0. The van der Waals surface area contributed by atoms with Gasteiger partial charge in [0.25, 0.3) is 11.8 Å². The molecule has 2 heterocycles. The highest BCUT2D eigenvalue weighted by Gasteiger charge is 2.45. The van der Waals surface area contributed by atoms with Crippen LogP contribution in [0.5, 0.6) is 0 Å². The Bertz CT molecular complexity index is 1860. The van der Waals surface area contributed by atoms with E-state index in [0.717, 1.165) is 18.4 Å². The number of benzene rings is 1. The highest BCUT2D eigenvalue weighted by atomic mass is 16.5. The lowest BCUT2D eigenvalue weighted by atomic mass is 9.89. The molecule has 15 heteroatoms. The zero-order chi connectivity index (χ0) is 49.7. The van der Waals surface area contributed by atoms with Gasteiger partial charge in [0.1, 0.15) is 6.04 Å². The number of rotatable bonds is 24. The number of urea groups is 1. The van der Waals surface area contributed by atoms with E-state index >= 15 is 0 Å². The molecule has 3 aliphatic rings. The van der Waals surface area contributed by atoms with Gasteiger partial charge in [-0.1, -0.05) is 98.6 Å². The van der Waals surface area contributed by atoms with Gasteiger partial charge in [0.05, 0.1) is 36.6 Å². The van der Waals surface area contributed by atoms with E-state index in [9.17, 15) is 33.6 Å². The topological polar surface area (TPSA) is 175 Å². The third kappa shape index (κ3) is 13.8. The van der Waals surface area contributed by atoms with Gasteiger partial charge in [0, 0.05) is 70.9 Å². The molecule has 0 radical (unpaired) electrons. The minimum atomic E-state index is -0.984. The maximum absolute atomic E-state index is 14.7. The average Bonchev–Trinajstić information content (AvgIpc) is 4.02. The van der Waals surface area contributed by atoms with Gasteiger partial charge in [-0.25, -0.2) is 4.79 Å². The van der Waals surface area contributed by atoms with Crippen LogP contribution >= 0.6 is 0 Å². The van der Waals surface area contributed by atoms with Crippen LogP contribution in [0.15, 0.2) is 42.5 Å². The van der Waals surface area contributed by atoms with Gasteiger partial charge in [-0.15, -0.1) is 0 Å². The lowest BCUT2D eigenvalue weighted by molar-refractivity contribution is -0.147.